The number of aliphatic hydroxyl groups is 1. The summed E-state index contributed by atoms with van der Waals surface area (Å²) in [5.74, 6) is 5.91. The van der Waals surface area contributed by atoms with Crippen LogP contribution in [0.2, 0.25) is 0 Å². The van der Waals surface area contributed by atoms with E-state index in [1.165, 1.54) is 19.3 Å². The van der Waals surface area contributed by atoms with Gasteiger partial charge in [0.25, 0.3) is 0 Å². The number of nitriles is 1. The van der Waals surface area contributed by atoms with E-state index in [0.717, 1.165) is 18.4 Å². The molecule has 1 atom stereocenters. The zero-order valence-electron chi connectivity index (χ0n) is 12.4. The van der Waals surface area contributed by atoms with E-state index in [9.17, 15) is 5.11 Å². The molecule has 0 aliphatic carbocycles. The Labute approximate surface area is 122 Å². The van der Waals surface area contributed by atoms with Gasteiger partial charge in [-0.05, 0) is 44.0 Å². The van der Waals surface area contributed by atoms with Gasteiger partial charge in [-0.25, -0.2) is 0 Å². The van der Waals surface area contributed by atoms with Crippen molar-refractivity contribution < 1.29 is 5.11 Å². The fourth-order valence-corrected chi connectivity index (χ4v) is 1.97. The highest BCUT2D eigenvalue weighted by atomic mass is 16.3. The van der Waals surface area contributed by atoms with E-state index in [2.05, 4.69) is 24.8 Å². The minimum Gasteiger partial charge on any atom is -0.378 e. The minimum atomic E-state index is -0.930. The number of hydrogen-bond donors (Lipinski definition) is 1. The van der Waals surface area contributed by atoms with Gasteiger partial charge in [-0.15, -0.1) is 0 Å². The Morgan fingerprint density at radius 1 is 1.05 bits per heavy atom. The first-order valence-electron chi connectivity index (χ1n) is 7.33. The smallest absolute Gasteiger partial charge is 0.123 e. The molecule has 0 saturated carbocycles. The molecule has 0 aromatic heterocycles. The van der Waals surface area contributed by atoms with Crippen LogP contribution in [0.4, 0.5) is 0 Å². The van der Waals surface area contributed by atoms with E-state index in [0.29, 0.717) is 12.0 Å². The lowest BCUT2D eigenvalue weighted by Gasteiger charge is -2.15. The van der Waals surface area contributed by atoms with Crippen molar-refractivity contribution in [2.24, 2.45) is 0 Å². The molecule has 2 nitrogen and oxygen atoms in total. The first kappa shape index (κ1) is 16.3. The lowest BCUT2D eigenvalue weighted by molar-refractivity contribution is 0.109. The molecule has 2 heteroatoms. The number of benzene rings is 1. The summed E-state index contributed by atoms with van der Waals surface area (Å²) in [5, 5.41) is 18.9. The van der Waals surface area contributed by atoms with Crippen molar-refractivity contribution in [2.45, 2.75) is 58.0 Å². The van der Waals surface area contributed by atoms with E-state index in [1.54, 1.807) is 19.1 Å². The van der Waals surface area contributed by atoms with E-state index in [4.69, 9.17) is 5.26 Å². The molecule has 20 heavy (non-hydrogen) atoms. The first-order chi connectivity index (χ1) is 9.57. The van der Waals surface area contributed by atoms with Crippen molar-refractivity contribution in [1.29, 1.82) is 5.26 Å². The fraction of sp³-hybridized carbons (Fsp3) is 0.500. The maximum absolute atomic E-state index is 10.2. The average molecular weight is 269 g/mol. The highest BCUT2D eigenvalue weighted by molar-refractivity contribution is 5.40. The maximum Gasteiger partial charge on any atom is 0.123 e. The molecule has 0 aliphatic heterocycles. The summed E-state index contributed by atoms with van der Waals surface area (Å²) >= 11 is 0. The fourth-order valence-electron chi connectivity index (χ4n) is 1.97. The molecule has 0 fully saturated rings. The van der Waals surface area contributed by atoms with Crippen LogP contribution >= 0.6 is 0 Å². The summed E-state index contributed by atoms with van der Waals surface area (Å²) in [6.07, 6.45) is 6.60. The number of rotatable bonds is 6. The van der Waals surface area contributed by atoms with E-state index in [1.807, 2.05) is 12.1 Å². The molecule has 0 aliphatic rings. The third kappa shape index (κ3) is 6.41. The molecular weight excluding hydrogens is 246 g/mol. The molecular formula is C18H23NO. The van der Waals surface area contributed by atoms with Crippen LogP contribution in [-0.4, -0.2) is 10.7 Å². The zero-order chi connectivity index (χ0) is 14.8. The number of unbranched alkanes of at least 4 members (excludes halogenated alkanes) is 4. The minimum absolute atomic E-state index is 0.623. The monoisotopic (exact) mass is 269 g/mol. The van der Waals surface area contributed by atoms with Gasteiger partial charge in [0.1, 0.15) is 5.60 Å². The first-order valence-corrected chi connectivity index (χ1v) is 7.33. The summed E-state index contributed by atoms with van der Waals surface area (Å²) in [6.45, 7) is 3.96. The van der Waals surface area contributed by atoms with Crippen molar-refractivity contribution in [2.75, 3.05) is 0 Å². The molecule has 0 radical (unpaired) electrons. The third-order valence-electron chi connectivity index (χ3n) is 3.26. The molecule has 1 N–H and O–H groups in total. The van der Waals surface area contributed by atoms with Gasteiger partial charge in [0, 0.05) is 5.56 Å². The molecule has 0 spiro atoms. The molecule has 106 valence electrons. The quantitative estimate of drug-likeness (QED) is 0.626. The lowest BCUT2D eigenvalue weighted by Crippen LogP contribution is -2.21. The van der Waals surface area contributed by atoms with Gasteiger partial charge in [0.15, 0.2) is 0 Å². The van der Waals surface area contributed by atoms with E-state index >= 15 is 0 Å². The van der Waals surface area contributed by atoms with Crippen LogP contribution in [0.1, 0.15) is 63.5 Å². The van der Waals surface area contributed by atoms with Crippen molar-refractivity contribution in [1.82, 2.24) is 0 Å². The van der Waals surface area contributed by atoms with Gasteiger partial charge < -0.3 is 5.11 Å². The maximum atomic E-state index is 10.2. The third-order valence-corrected chi connectivity index (χ3v) is 3.26. The van der Waals surface area contributed by atoms with Crippen LogP contribution in [0.3, 0.4) is 0 Å². The average Bonchev–Trinajstić information content (AvgIpc) is 2.45. The highest BCUT2D eigenvalue weighted by Gasteiger charge is 2.15. The molecule has 1 unspecified atom stereocenters. The lowest BCUT2D eigenvalue weighted by atomic mass is 9.98. The molecule has 0 amide bonds. The van der Waals surface area contributed by atoms with Gasteiger partial charge in [-0.3, -0.25) is 0 Å². The summed E-state index contributed by atoms with van der Waals surface area (Å²) < 4.78 is 0. The van der Waals surface area contributed by atoms with E-state index < -0.39 is 5.60 Å². The second-order valence-electron chi connectivity index (χ2n) is 5.38. The van der Waals surface area contributed by atoms with Gasteiger partial charge in [-0.2, -0.15) is 5.26 Å². The molecule has 1 rings (SSSR count). The SMILES string of the molecule is CCCCCCCC(C)(O)C#Cc1ccc(C#N)cc1. The van der Waals surface area contributed by atoms with E-state index in [-0.39, 0.29) is 0 Å². The molecule has 0 saturated heterocycles. The Balaban J connectivity index is 2.48. The van der Waals surface area contributed by atoms with Crippen LogP contribution in [0.5, 0.6) is 0 Å². The Hall–Kier alpha value is -1.77. The van der Waals surface area contributed by atoms with Crippen molar-refractivity contribution in [3.05, 3.63) is 35.4 Å². The summed E-state index contributed by atoms with van der Waals surface area (Å²) in [5.41, 5.74) is 0.522. The molecule has 0 heterocycles. The van der Waals surface area contributed by atoms with Crippen LogP contribution in [0.15, 0.2) is 24.3 Å². The van der Waals surface area contributed by atoms with Crippen molar-refractivity contribution >= 4 is 0 Å². The van der Waals surface area contributed by atoms with Crippen LogP contribution in [0.25, 0.3) is 0 Å². The predicted molar refractivity (Wildman–Crippen MR) is 82.0 cm³/mol. The Kier molecular flexibility index (Phi) is 6.85. The van der Waals surface area contributed by atoms with Gasteiger partial charge in [0.05, 0.1) is 11.6 Å². The van der Waals surface area contributed by atoms with Crippen LogP contribution < -0.4 is 0 Å². The second-order valence-corrected chi connectivity index (χ2v) is 5.38. The van der Waals surface area contributed by atoms with Crippen molar-refractivity contribution in [3.63, 3.8) is 0 Å². The van der Waals surface area contributed by atoms with Gasteiger partial charge in [0.2, 0.25) is 0 Å². The molecule has 0 bridgehead atoms. The topological polar surface area (TPSA) is 44.0 Å². The molecule has 1 aromatic rings. The summed E-state index contributed by atoms with van der Waals surface area (Å²) in [6, 6.07) is 9.17. The largest absolute Gasteiger partial charge is 0.378 e. The van der Waals surface area contributed by atoms with Crippen LogP contribution in [-0.2, 0) is 0 Å². The van der Waals surface area contributed by atoms with Gasteiger partial charge in [-0.1, -0.05) is 44.4 Å². The number of hydrogen-bond acceptors (Lipinski definition) is 2. The highest BCUT2D eigenvalue weighted by Crippen LogP contribution is 2.15. The van der Waals surface area contributed by atoms with Crippen LogP contribution in [0, 0.1) is 23.2 Å². The summed E-state index contributed by atoms with van der Waals surface area (Å²) in [7, 11) is 0. The number of nitrogens with zero attached hydrogens (tertiary/aromatic N) is 1. The summed E-state index contributed by atoms with van der Waals surface area (Å²) in [4.78, 5) is 0. The second kappa shape index (κ2) is 8.41. The predicted octanol–water partition coefficient (Wildman–Crippen LogP) is 4.02. The Morgan fingerprint density at radius 3 is 2.25 bits per heavy atom. The Morgan fingerprint density at radius 2 is 1.65 bits per heavy atom. The Bertz CT molecular complexity index is 497. The van der Waals surface area contributed by atoms with Gasteiger partial charge >= 0.3 is 0 Å². The normalized spacial score (nSPS) is 12.9. The standard InChI is InChI=1S/C18H23NO/c1-3-4-5-6-7-13-18(2,20)14-12-16-8-10-17(15-19)11-9-16/h8-11,20H,3-7,13H2,1-2H3. The van der Waals surface area contributed by atoms with Crippen molar-refractivity contribution in [3.8, 4) is 17.9 Å². The molecule has 1 aromatic carbocycles. The zero-order valence-corrected chi connectivity index (χ0v) is 12.4.